The van der Waals surface area contributed by atoms with Gasteiger partial charge in [0.05, 0.1) is 31.7 Å². The number of nitrogens with zero attached hydrogens (tertiary/aromatic N) is 5. The lowest BCUT2D eigenvalue weighted by atomic mass is 10.0. The number of piperazine rings is 1. The minimum atomic E-state index is -0.397. The zero-order valence-corrected chi connectivity index (χ0v) is 22.9. The maximum atomic E-state index is 15.7. The highest BCUT2D eigenvalue weighted by molar-refractivity contribution is 6.06. The van der Waals surface area contributed by atoms with Crippen LogP contribution in [0.4, 0.5) is 21.7 Å². The van der Waals surface area contributed by atoms with Crippen molar-refractivity contribution < 1.29 is 18.7 Å². The number of hydrogen-bond donors (Lipinski definition) is 1. The van der Waals surface area contributed by atoms with Crippen molar-refractivity contribution in [1.29, 1.82) is 0 Å². The molecule has 1 N–H and O–H groups in total. The average molecular weight is 535 g/mol. The Morgan fingerprint density at radius 1 is 1.05 bits per heavy atom. The molecular weight excluding hydrogens is 499 g/mol. The van der Waals surface area contributed by atoms with E-state index in [9.17, 15) is 4.79 Å². The van der Waals surface area contributed by atoms with Crippen molar-refractivity contribution in [2.24, 2.45) is 0 Å². The van der Waals surface area contributed by atoms with Crippen LogP contribution in [0.25, 0.3) is 11.1 Å². The van der Waals surface area contributed by atoms with Crippen LogP contribution < -0.4 is 19.9 Å². The van der Waals surface area contributed by atoms with Crippen molar-refractivity contribution in [2.45, 2.75) is 25.9 Å². The smallest absolute Gasteiger partial charge is 0.255 e. The molecule has 5 rings (SSSR count). The number of amides is 1. The van der Waals surface area contributed by atoms with Crippen LogP contribution in [0.1, 0.15) is 24.2 Å². The summed E-state index contributed by atoms with van der Waals surface area (Å²) in [5.41, 5.74) is 2.48. The van der Waals surface area contributed by atoms with Gasteiger partial charge in [0.2, 0.25) is 5.95 Å². The van der Waals surface area contributed by atoms with E-state index in [1.54, 1.807) is 49.8 Å². The normalized spacial score (nSPS) is 20.1. The second-order valence-electron chi connectivity index (χ2n) is 10.2. The van der Waals surface area contributed by atoms with E-state index in [2.05, 4.69) is 46.0 Å². The van der Waals surface area contributed by atoms with Gasteiger partial charge in [0.25, 0.3) is 5.91 Å². The summed E-state index contributed by atoms with van der Waals surface area (Å²) in [6, 6.07) is 10.7. The molecule has 3 heterocycles. The molecule has 1 amide bonds. The summed E-state index contributed by atoms with van der Waals surface area (Å²) in [7, 11) is 3.66. The number of carbonyl (C=O) groups is 1. The molecule has 2 unspecified atom stereocenters. The molecule has 1 aromatic heterocycles. The maximum absolute atomic E-state index is 15.7. The van der Waals surface area contributed by atoms with Crippen molar-refractivity contribution in [2.75, 3.05) is 68.7 Å². The Hall–Kier alpha value is -3.76. The van der Waals surface area contributed by atoms with Crippen molar-refractivity contribution >= 4 is 23.2 Å². The predicted molar refractivity (Wildman–Crippen MR) is 150 cm³/mol. The largest absolute Gasteiger partial charge is 0.497 e. The highest BCUT2D eigenvalue weighted by atomic mass is 19.1. The monoisotopic (exact) mass is 534 g/mol. The van der Waals surface area contributed by atoms with Crippen molar-refractivity contribution in [1.82, 2.24) is 14.9 Å². The quantitative estimate of drug-likeness (QED) is 0.510. The van der Waals surface area contributed by atoms with E-state index in [0.717, 1.165) is 0 Å². The van der Waals surface area contributed by atoms with E-state index in [1.807, 2.05) is 4.90 Å². The van der Waals surface area contributed by atoms with Crippen LogP contribution in [-0.2, 0) is 4.74 Å². The summed E-state index contributed by atoms with van der Waals surface area (Å²) in [6.07, 6.45) is 3.26. The summed E-state index contributed by atoms with van der Waals surface area (Å²) < 4.78 is 26.4. The number of benzene rings is 2. The number of methoxy groups -OCH3 is 1. The fourth-order valence-corrected chi connectivity index (χ4v) is 5.09. The zero-order valence-electron chi connectivity index (χ0n) is 22.9. The first-order valence-electron chi connectivity index (χ1n) is 13.2. The van der Waals surface area contributed by atoms with Gasteiger partial charge in [0, 0.05) is 67.3 Å². The van der Waals surface area contributed by atoms with Gasteiger partial charge in [-0.25, -0.2) is 14.4 Å². The first-order chi connectivity index (χ1) is 18.8. The Kier molecular flexibility index (Phi) is 7.94. The topological polar surface area (TPSA) is 83.1 Å². The van der Waals surface area contributed by atoms with Gasteiger partial charge in [-0.05, 0) is 51.2 Å². The van der Waals surface area contributed by atoms with Gasteiger partial charge in [0.1, 0.15) is 11.6 Å². The lowest BCUT2D eigenvalue weighted by Gasteiger charge is -2.44. The van der Waals surface area contributed by atoms with Crippen LogP contribution >= 0.6 is 0 Å². The highest BCUT2D eigenvalue weighted by Gasteiger charge is 2.29. The number of likely N-dealkylation sites (N-methyl/N-ethyl adjacent to an activating group) is 1. The van der Waals surface area contributed by atoms with Crippen LogP contribution in [-0.4, -0.2) is 86.4 Å². The number of ether oxygens (including phenoxy) is 2. The summed E-state index contributed by atoms with van der Waals surface area (Å²) in [5.74, 6) is 0.473. The second-order valence-corrected chi connectivity index (χ2v) is 10.2. The highest BCUT2D eigenvalue weighted by Crippen LogP contribution is 2.36. The molecule has 0 saturated carbocycles. The molecule has 0 aliphatic carbocycles. The third-order valence-electron chi connectivity index (χ3n) is 7.61. The van der Waals surface area contributed by atoms with Crippen LogP contribution in [0, 0.1) is 5.82 Å². The molecule has 2 saturated heterocycles. The predicted octanol–water partition coefficient (Wildman–Crippen LogP) is 3.91. The molecule has 3 aromatic rings. The number of carbonyl (C=O) groups excluding carboxylic acids is 1. The van der Waals surface area contributed by atoms with Crippen LogP contribution in [0.5, 0.6) is 5.75 Å². The number of morpholine rings is 1. The van der Waals surface area contributed by atoms with Gasteiger partial charge >= 0.3 is 0 Å². The van der Waals surface area contributed by atoms with E-state index in [4.69, 9.17) is 9.47 Å². The molecule has 10 heteroatoms. The fourth-order valence-electron chi connectivity index (χ4n) is 5.09. The van der Waals surface area contributed by atoms with Crippen LogP contribution in [0.3, 0.4) is 0 Å². The number of halogens is 1. The molecule has 2 aliphatic heterocycles. The van der Waals surface area contributed by atoms with E-state index < -0.39 is 5.82 Å². The molecule has 2 fully saturated rings. The Balaban J connectivity index is 1.50. The van der Waals surface area contributed by atoms with Gasteiger partial charge in [-0.2, -0.15) is 0 Å². The van der Waals surface area contributed by atoms with Crippen molar-refractivity contribution in [3.05, 3.63) is 60.2 Å². The molecule has 0 spiro atoms. The number of hydrogen-bond acceptors (Lipinski definition) is 8. The fraction of sp³-hybridized carbons (Fsp3) is 0.414. The minimum absolute atomic E-state index is 0.263. The Morgan fingerprint density at radius 3 is 2.41 bits per heavy atom. The summed E-state index contributed by atoms with van der Waals surface area (Å²) in [6.45, 7) is 8.39. The van der Waals surface area contributed by atoms with Crippen molar-refractivity contribution in [3.63, 3.8) is 0 Å². The number of aromatic nitrogens is 2. The van der Waals surface area contributed by atoms with E-state index in [0.29, 0.717) is 79.2 Å². The zero-order chi connectivity index (χ0) is 27.5. The average Bonchev–Trinajstić information content (AvgIpc) is 2.97. The Bertz CT molecular complexity index is 1300. The Morgan fingerprint density at radius 2 is 1.74 bits per heavy atom. The van der Waals surface area contributed by atoms with E-state index >= 15 is 4.39 Å². The lowest BCUT2D eigenvalue weighted by molar-refractivity contribution is 0.102. The Labute approximate surface area is 228 Å². The molecule has 2 atom stereocenters. The summed E-state index contributed by atoms with van der Waals surface area (Å²) in [4.78, 5) is 28.8. The number of nitrogens with one attached hydrogen (secondary N) is 1. The van der Waals surface area contributed by atoms with Crippen LogP contribution in [0.2, 0.25) is 0 Å². The second kappa shape index (κ2) is 11.5. The molecular formula is C29H35FN6O3. The van der Waals surface area contributed by atoms with Gasteiger partial charge in [0.15, 0.2) is 0 Å². The van der Waals surface area contributed by atoms with E-state index in [-0.39, 0.29) is 18.0 Å². The molecule has 2 aromatic carbocycles. The molecule has 0 radical (unpaired) electrons. The standard InChI is InChI=1S/C29H35FN6O3/c1-19-17-36(18-20(2)34(19)3)27-14-25(30)24(22-15-31-29(32-16-22)35-8-10-39-11-9-35)13-26(27)33-28(37)21-6-5-7-23(12-21)38-4/h5-7,12-16,19-20H,8-11,17-18H2,1-4H3,(H,33,37). The summed E-state index contributed by atoms with van der Waals surface area (Å²) >= 11 is 0. The van der Waals surface area contributed by atoms with Crippen molar-refractivity contribution in [3.8, 4) is 16.9 Å². The lowest BCUT2D eigenvalue weighted by Crippen LogP contribution is -2.55. The third kappa shape index (κ3) is 5.81. The minimum Gasteiger partial charge on any atom is -0.497 e. The number of rotatable bonds is 6. The van der Waals surface area contributed by atoms with Gasteiger partial charge in [-0.15, -0.1) is 0 Å². The molecule has 0 bridgehead atoms. The van der Waals surface area contributed by atoms with Crippen LogP contribution in [0.15, 0.2) is 48.8 Å². The van der Waals surface area contributed by atoms with E-state index in [1.165, 1.54) is 6.07 Å². The molecule has 206 valence electrons. The third-order valence-corrected chi connectivity index (χ3v) is 7.61. The first-order valence-corrected chi connectivity index (χ1v) is 13.2. The van der Waals surface area contributed by atoms with Gasteiger partial charge in [-0.1, -0.05) is 6.07 Å². The molecule has 9 nitrogen and oxygen atoms in total. The molecule has 2 aliphatic rings. The van der Waals surface area contributed by atoms with Gasteiger partial charge in [-0.3, -0.25) is 9.69 Å². The maximum Gasteiger partial charge on any atom is 0.255 e. The first kappa shape index (κ1) is 26.8. The SMILES string of the molecule is COc1cccc(C(=O)Nc2cc(-c3cnc(N4CCOCC4)nc3)c(F)cc2N2CC(C)N(C)C(C)C2)c1. The number of anilines is 3. The summed E-state index contributed by atoms with van der Waals surface area (Å²) in [5, 5.41) is 3.04. The van der Waals surface area contributed by atoms with Gasteiger partial charge < -0.3 is 24.6 Å². The molecule has 39 heavy (non-hydrogen) atoms.